The Morgan fingerprint density at radius 2 is 1.50 bits per heavy atom. The smallest absolute Gasteiger partial charge is 0.0319 e. The molecule has 16 heavy (non-hydrogen) atoms. The second-order valence-corrected chi connectivity index (χ2v) is 4.87. The highest BCUT2D eigenvalue weighted by atomic mass is 15.2. The summed E-state index contributed by atoms with van der Waals surface area (Å²) in [5.74, 6) is 0. The van der Waals surface area contributed by atoms with E-state index in [2.05, 4.69) is 36.1 Å². The van der Waals surface area contributed by atoms with Gasteiger partial charge in [-0.3, -0.25) is 4.90 Å². The van der Waals surface area contributed by atoms with E-state index in [9.17, 15) is 0 Å². The minimum Gasteiger partial charge on any atom is -0.324 e. The van der Waals surface area contributed by atoms with Crippen molar-refractivity contribution in [2.45, 2.75) is 38.8 Å². The number of benzene rings is 1. The summed E-state index contributed by atoms with van der Waals surface area (Å²) < 4.78 is 0. The van der Waals surface area contributed by atoms with E-state index in [1.165, 1.54) is 37.1 Å². The number of hydrogen-bond acceptors (Lipinski definition) is 2. The van der Waals surface area contributed by atoms with E-state index < -0.39 is 0 Å². The molecule has 2 unspecified atom stereocenters. The van der Waals surface area contributed by atoms with Crippen LogP contribution in [0.4, 0.5) is 0 Å². The number of rotatable bonds is 3. The summed E-state index contributed by atoms with van der Waals surface area (Å²) in [5, 5.41) is 0. The van der Waals surface area contributed by atoms with Crippen LogP contribution in [0.3, 0.4) is 0 Å². The van der Waals surface area contributed by atoms with Crippen LogP contribution in [0.5, 0.6) is 0 Å². The zero-order chi connectivity index (χ0) is 11.5. The van der Waals surface area contributed by atoms with Crippen molar-refractivity contribution in [1.29, 1.82) is 0 Å². The second-order valence-electron chi connectivity index (χ2n) is 4.87. The van der Waals surface area contributed by atoms with Gasteiger partial charge in [-0.05, 0) is 50.9 Å². The molecule has 0 radical (unpaired) electrons. The summed E-state index contributed by atoms with van der Waals surface area (Å²) in [6.07, 6.45) is 2.70. The Morgan fingerprint density at radius 3 is 2.00 bits per heavy atom. The fourth-order valence-corrected chi connectivity index (χ4v) is 2.42. The largest absolute Gasteiger partial charge is 0.324 e. The first kappa shape index (κ1) is 11.6. The second kappa shape index (κ2) is 4.98. The lowest BCUT2D eigenvalue weighted by Crippen LogP contribution is -2.23. The van der Waals surface area contributed by atoms with Gasteiger partial charge in [0.05, 0.1) is 0 Å². The van der Waals surface area contributed by atoms with Gasteiger partial charge in [0.25, 0.3) is 0 Å². The Bertz CT molecular complexity index is 323. The maximum Gasteiger partial charge on any atom is 0.0319 e. The predicted octanol–water partition coefficient (Wildman–Crippen LogP) is 2.86. The van der Waals surface area contributed by atoms with Gasteiger partial charge in [-0.2, -0.15) is 0 Å². The van der Waals surface area contributed by atoms with Crippen molar-refractivity contribution < 1.29 is 0 Å². The summed E-state index contributed by atoms with van der Waals surface area (Å²) in [4.78, 5) is 2.56. The van der Waals surface area contributed by atoms with Crippen LogP contribution in [0.1, 0.15) is 49.9 Å². The van der Waals surface area contributed by atoms with Crippen molar-refractivity contribution in [3.8, 4) is 0 Å². The van der Waals surface area contributed by atoms with E-state index >= 15 is 0 Å². The molecule has 0 bridgehead atoms. The Kier molecular flexibility index (Phi) is 3.62. The van der Waals surface area contributed by atoms with Gasteiger partial charge in [0.2, 0.25) is 0 Å². The van der Waals surface area contributed by atoms with E-state index in [1.54, 1.807) is 0 Å². The molecule has 2 N–H and O–H groups in total. The van der Waals surface area contributed by atoms with Crippen molar-refractivity contribution in [1.82, 2.24) is 4.90 Å². The van der Waals surface area contributed by atoms with Gasteiger partial charge in [0.15, 0.2) is 0 Å². The molecule has 1 aliphatic rings. The number of nitrogens with two attached hydrogens (primary N) is 1. The lowest BCUT2D eigenvalue weighted by Gasteiger charge is -2.24. The topological polar surface area (TPSA) is 29.3 Å². The molecule has 0 aromatic heterocycles. The molecular formula is C14H22N2. The van der Waals surface area contributed by atoms with Gasteiger partial charge in [-0.1, -0.05) is 24.3 Å². The maximum atomic E-state index is 5.85. The third-order valence-electron chi connectivity index (χ3n) is 3.63. The lowest BCUT2D eigenvalue weighted by molar-refractivity contribution is 0.263. The highest BCUT2D eigenvalue weighted by molar-refractivity contribution is 5.26. The van der Waals surface area contributed by atoms with E-state index in [0.717, 1.165) is 0 Å². The number of likely N-dealkylation sites (tertiary alicyclic amines) is 1. The lowest BCUT2D eigenvalue weighted by atomic mass is 10.0. The van der Waals surface area contributed by atoms with Gasteiger partial charge in [-0.15, -0.1) is 0 Å². The molecule has 0 spiro atoms. The predicted molar refractivity (Wildman–Crippen MR) is 68.3 cm³/mol. The van der Waals surface area contributed by atoms with E-state index in [4.69, 9.17) is 5.73 Å². The minimum absolute atomic E-state index is 0.135. The van der Waals surface area contributed by atoms with E-state index in [-0.39, 0.29) is 6.04 Å². The molecule has 1 aromatic rings. The highest BCUT2D eigenvalue weighted by Crippen LogP contribution is 2.25. The van der Waals surface area contributed by atoms with Gasteiger partial charge < -0.3 is 5.73 Å². The van der Waals surface area contributed by atoms with Crippen LogP contribution in [0, 0.1) is 0 Å². The molecule has 2 heteroatoms. The third kappa shape index (κ3) is 2.45. The molecule has 1 aromatic carbocycles. The maximum absolute atomic E-state index is 5.85. The first-order chi connectivity index (χ1) is 7.68. The standard InChI is InChI=1S/C14H22N2/c1-11(15)13-5-7-14(8-6-13)12(2)16-9-3-4-10-16/h5-8,11-12H,3-4,9-10,15H2,1-2H3. The third-order valence-corrected chi connectivity index (χ3v) is 3.63. The number of hydrogen-bond donors (Lipinski definition) is 1. The van der Waals surface area contributed by atoms with Crippen LogP contribution < -0.4 is 5.73 Å². The monoisotopic (exact) mass is 218 g/mol. The van der Waals surface area contributed by atoms with Gasteiger partial charge in [-0.25, -0.2) is 0 Å². The highest BCUT2D eigenvalue weighted by Gasteiger charge is 2.19. The normalized spacial score (nSPS) is 20.9. The van der Waals surface area contributed by atoms with Crippen LogP contribution in [-0.2, 0) is 0 Å². The van der Waals surface area contributed by atoms with Crippen LogP contribution in [0.15, 0.2) is 24.3 Å². The Balaban J connectivity index is 2.08. The van der Waals surface area contributed by atoms with Crippen LogP contribution in [0.25, 0.3) is 0 Å². The molecule has 1 heterocycles. The van der Waals surface area contributed by atoms with Crippen molar-refractivity contribution >= 4 is 0 Å². The molecule has 1 aliphatic heterocycles. The first-order valence-corrected chi connectivity index (χ1v) is 6.28. The summed E-state index contributed by atoms with van der Waals surface area (Å²) in [7, 11) is 0. The molecule has 2 rings (SSSR count). The summed E-state index contributed by atoms with van der Waals surface area (Å²) in [5.41, 5.74) is 8.48. The fourth-order valence-electron chi connectivity index (χ4n) is 2.42. The summed E-state index contributed by atoms with van der Waals surface area (Å²) >= 11 is 0. The van der Waals surface area contributed by atoms with E-state index in [1.807, 2.05) is 6.92 Å². The van der Waals surface area contributed by atoms with Crippen LogP contribution in [0.2, 0.25) is 0 Å². The first-order valence-electron chi connectivity index (χ1n) is 6.28. The average molecular weight is 218 g/mol. The molecule has 0 amide bonds. The van der Waals surface area contributed by atoms with Gasteiger partial charge in [0, 0.05) is 12.1 Å². The van der Waals surface area contributed by atoms with Gasteiger partial charge in [0.1, 0.15) is 0 Å². The fraction of sp³-hybridized carbons (Fsp3) is 0.571. The Morgan fingerprint density at radius 1 is 1.00 bits per heavy atom. The van der Waals surface area contributed by atoms with E-state index in [0.29, 0.717) is 6.04 Å². The molecule has 88 valence electrons. The summed E-state index contributed by atoms with van der Waals surface area (Å²) in [6.45, 7) is 6.82. The number of nitrogens with zero attached hydrogens (tertiary/aromatic N) is 1. The zero-order valence-electron chi connectivity index (χ0n) is 10.3. The molecule has 1 saturated heterocycles. The molecular weight excluding hydrogens is 196 g/mol. The molecule has 0 saturated carbocycles. The average Bonchev–Trinajstić information content (AvgIpc) is 2.81. The molecule has 2 atom stereocenters. The van der Waals surface area contributed by atoms with Crippen molar-refractivity contribution in [2.24, 2.45) is 5.73 Å². The van der Waals surface area contributed by atoms with Crippen molar-refractivity contribution in [3.63, 3.8) is 0 Å². The Labute approximate surface area is 98.4 Å². The molecule has 1 fully saturated rings. The minimum atomic E-state index is 0.135. The van der Waals surface area contributed by atoms with Gasteiger partial charge >= 0.3 is 0 Å². The Hall–Kier alpha value is -0.860. The SMILES string of the molecule is CC(N)c1ccc(C(C)N2CCCC2)cc1. The van der Waals surface area contributed by atoms with Crippen LogP contribution in [-0.4, -0.2) is 18.0 Å². The summed E-state index contributed by atoms with van der Waals surface area (Å²) in [6, 6.07) is 9.45. The van der Waals surface area contributed by atoms with Crippen molar-refractivity contribution in [2.75, 3.05) is 13.1 Å². The molecule has 2 nitrogen and oxygen atoms in total. The quantitative estimate of drug-likeness (QED) is 0.845. The molecule has 0 aliphatic carbocycles. The zero-order valence-corrected chi connectivity index (χ0v) is 10.3. The van der Waals surface area contributed by atoms with Crippen molar-refractivity contribution in [3.05, 3.63) is 35.4 Å². The van der Waals surface area contributed by atoms with Crippen LogP contribution >= 0.6 is 0 Å².